The standard InChI is InChI=1S/C16H13F3N2O3/c1-9(22)20-10-2-4-11(5-3-10)24-8-14(23)21-13-7-6-12(17)15(18)16(13)19/h2-7H,8H2,1H3,(H,20,22)(H,21,23). The van der Waals surface area contributed by atoms with Gasteiger partial charge >= 0.3 is 0 Å². The Morgan fingerprint density at radius 1 is 0.958 bits per heavy atom. The second-order valence-electron chi connectivity index (χ2n) is 4.77. The van der Waals surface area contributed by atoms with Gasteiger partial charge in [-0.1, -0.05) is 0 Å². The number of hydrogen-bond donors (Lipinski definition) is 2. The number of carbonyl (C=O) groups is 2. The van der Waals surface area contributed by atoms with Crippen LogP contribution >= 0.6 is 0 Å². The molecule has 2 rings (SSSR count). The Kier molecular flexibility index (Phi) is 5.41. The Hall–Kier alpha value is -3.03. The van der Waals surface area contributed by atoms with Crippen molar-refractivity contribution in [3.8, 4) is 5.75 Å². The predicted molar refractivity (Wildman–Crippen MR) is 81.2 cm³/mol. The number of ether oxygens (including phenoxy) is 1. The fraction of sp³-hybridized carbons (Fsp3) is 0.125. The van der Waals surface area contributed by atoms with Gasteiger partial charge in [0.15, 0.2) is 24.1 Å². The van der Waals surface area contributed by atoms with Crippen molar-refractivity contribution in [3.63, 3.8) is 0 Å². The maximum atomic E-state index is 13.4. The molecule has 0 aliphatic heterocycles. The summed E-state index contributed by atoms with van der Waals surface area (Å²) in [6.45, 7) is 0.907. The summed E-state index contributed by atoms with van der Waals surface area (Å²) in [5.41, 5.74) is 0.0756. The Morgan fingerprint density at radius 3 is 2.25 bits per heavy atom. The third kappa shape index (κ3) is 4.48. The lowest BCUT2D eigenvalue weighted by Gasteiger charge is -2.09. The van der Waals surface area contributed by atoms with Gasteiger partial charge in [0.05, 0.1) is 5.69 Å². The molecule has 2 amide bonds. The Labute approximate surface area is 135 Å². The summed E-state index contributed by atoms with van der Waals surface area (Å²) in [5.74, 6) is -5.13. The predicted octanol–water partition coefficient (Wildman–Crippen LogP) is 3.08. The van der Waals surface area contributed by atoms with Gasteiger partial charge in [-0.05, 0) is 36.4 Å². The first-order valence-electron chi connectivity index (χ1n) is 6.80. The number of anilines is 2. The van der Waals surface area contributed by atoms with E-state index in [4.69, 9.17) is 4.74 Å². The minimum atomic E-state index is -1.66. The van der Waals surface area contributed by atoms with Gasteiger partial charge in [-0.15, -0.1) is 0 Å². The van der Waals surface area contributed by atoms with Crippen LogP contribution in [0.15, 0.2) is 36.4 Å². The summed E-state index contributed by atoms with van der Waals surface area (Å²) in [4.78, 5) is 22.6. The highest BCUT2D eigenvalue weighted by Crippen LogP contribution is 2.20. The maximum Gasteiger partial charge on any atom is 0.262 e. The SMILES string of the molecule is CC(=O)Nc1ccc(OCC(=O)Nc2ccc(F)c(F)c2F)cc1. The van der Waals surface area contributed by atoms with E-state index in [0.717, 1.165) is 6.07 Å². The molecule has 0 saturated heterocycles. The lowest BCUT2D eigenvalue weighted by atomic mass is 10.2. The van der Waals surface area contributed by atoms with Gasteiger partial charge in [0.2, 0.25) is 5.91 Å². The average Bonchev–Trinajstić information content (AvgIpc) is 2.54. The summed E-state index contributed by atoms with van der Waals surface area (Å²) in [7, 11) is 0. The zero-order chi connectivity index (χ0) is 17.7. The molecular formula is C16H13F3N2O3. The van der Waals surface area contributed by atoms with Gasteiger partial charge in [-0.25, -0.2) is 13.2 Å². The van der Waals surface area contributed by atoms with E-state index in [1.165, 1.54) is 19.1 Å². The topological polar surface area (TPSA) is 67.4 Å². The fourth-order valence-electron chi connectivity index (χ4n) is 1.80. The summed E-state index contributed by atoms with van der Waals surface area (Å²) in [6, 6.07) is 7.81. The van der Waals surface area contributed by atoms with Gasteiger partial charge in [-0.3, -0.25) is 9.59 Å². The Balaban J connectivity index is 1.91. The summed E-state index contributed by atoms with van der Waals surface area (Å²) in [6.07, 6.45) is 0. The number of amides is 2. The zero-order valence-electron chi connectivity index (χ0n) is 12.5. The maximum absolute atomic E-state index is 13.4. The van der Waals surface area contributed by atoms with Crippen LogP contribution in [-0.2, 0) is 9.59 Å². The van der Waals surface area contributed by atoms with Crippen LogP contribution in [-0.4, -0.2) is 18.4 Å². The van der Waals surface area contributed by atoms with Crippen LogP contribution in [0.2, 0.25) is 0 Å². The minimum absolute atomic E-state index is 0.225. The molecule has 24 heavy (non-hydrogen) atoms. The normalized spacial score (nSPS) is 10.2. The van der Waals surface area contributed by atoms with E-state index in [1.807, 2.05) is 0 Å². The molecule has 0 bridgehead atoms. The van der Waals surface area contributed by atoms with Crippen molar-refractivity contribution in [2.75, 3.05) is 17.2 Å². The number of carbonyl (C=O) groups excluding carboxylic acids is 2. The molecule has 5 nitrogen and oxygen atoms in total. The van der Waals surface area contributed by atoms with Gasteiger partial charge in [0.25, 0.3) is 5.91 Å². The van der Waals surface area contributed by atoms with Crippen LogP contribution in [0.1, 0.15) is 6.92 Å². The smallest absolute Gasteiger partial charge is 0.262 e. The van der Waals surface area contributed by atoms with E-state index >= 15 is 0 Å². The number of hydrogen-bond acceptors (Lipinski definition) is 3. The first-order valence-corrected chi connectivity index (χ1v) is 6.80. The minimum Gasteiger partial charge on any atom is -0.484 e. The van der Waals surface area contributed by atoms with Gasteiger partial charge in [0.1, 0.15) is 5.75 Å². The fourth-order valence-corrected chi connectivity index (χ4v) is 1.80. The largest absolute Gasteiger partial charge is 0.484 e. The number of halogens is 3. The number of benzene rings is 2. The van der Waals surface area contributed by atoms with Crippen molar-refractivity contribution in [2.24, 2.45) is 0 Å². The second-order valence-corrected chi connectivity index (χ2v) is 4.77. The van der Waals surface area contributed by atoms with Crippen molar-refractivity contribution in [2.45, 2.75) is 6.92 Å². The molecule has 0 aliphatic rings. The first kappa shape index (κ1) is 17.3. The highest BCUT2D eigenvalue weighted by atomic mass is 19.2. The van der Waals surface area contributed by atoms with E-state index in [-0.39, 0.29) is 5.91 Å². The summed E-state index contributed by atoms with van der Waals surface area (Å²) >= 11 is 0. The highest BCUT2D eigenvalue weighted by molar-refractivity contribution is 5.92. The third-order valence-corrected chi connectivity index (χ3v) is 2.85. The van der Waals surface area contributed by atoms with Crippen LogP contribution in [0.4, 0.5) is 24.5 Å². The van der Waals surface area contributed by atoms with Gasteiger partial charge in [0, 0.05) is 12.6 Å². The molecule has 0 aromatic heterocycles. The first-order chi connectivity index (χ1) is 11.4. The van der Waals surface area contributed by atoms with E-state index in [2.05, 4.69) is 10.6 Å². The van der Waals surface area contributed by atoms with E-state index in [1.54, 1.807) is 12.1 Å². The van der Waals surface area contributed by atoms with Crippen LogP contribution < -0.4 is 15.4 Å². The summed E-state index contributed by atoms with van der Waals surface area (Å²) in [5, 5.41) is 4.65. The molecule has 0 fully saturated rings. The van der Waals surface area contributed by atoms with Crippen molar-refractivity contribution in [3.05, 3.63) is 53.8 Å². The van der Waals surface area contributed by atoms with Crippen molar-refractivity contribution in [1.82, 2.24) is 0 Å². The average molecular weight is 338 g/mol. The lowest BCUT2D eigenvalue weighted by molar-refractivity contribution is -0.118. The third-order valence-electron chi connectivity index (χ3n) is 2.85. The molecule has 0 unspecified atom stereocenters. The van der Waals surface area contributed by atoms with Crippen LogP contribution in [0.25, 0.3) is 0 Å². The molecule has 2 aromatic rings. The second kappa shape index (κ2) is 7.49. The van der Waals surface area contributed by atoms with Gasteiger partial charge < -0.3 is 15.4 Å². The Morgan fingerprint density at radius 2 is 1.62 bits per heavy atom. The lowest BCUT2D eigenvalue weighted by Crippen LogP contribution is -2.21. The van der Waals surface area contributed by atoms with Crippen LogP contribution in [0, 0.1) is 17.5 Å². The highest BCUT2D eigenvalue weighted by Gasteiger charge is 2.15. The number of nitrogens with one attached hydrogen (secondary N) is 2. The Bertz CT molecular complexity index is 764. The molecule has 0 saturated carbocycles. The van der Waals surface area contributed by atoms with Gasteiger partial charge in [-0.2, -0.15) is 0 Å². The molecule has 8 heteroatoms. The van der Waals surface area contributed by atoms with E-state index in [0.29, 0.717) is 17.5 Å². The molecule has 0 aliphatic carbocycles. The van der Waals surface area contributed by atoms with Crippen molar-refractivity contribution in [1.29, 1.82) is 0 Å². The molecular weight excluding hydrogens is 325 g/mol. The van der Waals surface area contributed by atoms with Crippen LogP contribution in [0.5, 0.6) is 5.75 Å². The molecule has 2 N–H and O–H groups in total. The molecule has 0 spiro atoms. The van der Waals surface area contributed by atoms with Crippen molar-refractivity contribution >= 4 is 23.2 Å². The molecule has 0 heterocycles. The van der Waals surface area contributed by atoms with E-state index < -0.39 is 35.7 Å². The summed E-state index contributed by atoms with van der Waals surface area (Å²) < 4.78 is 44.5. The molecule has 0 radical (unpaired) electrons. The molecule has 2 aromatic carbocycles. The molecule has 126 valence electrons. The van der Waals surface area contributed by atoms with Crippen LogP contribution in [0.3, 0.4) is 0 Å². The van der Waals surface area contributed by atoms with E-state index in [9.17, 15) is 22.8 Å². The zero-order valence-corrected chi connectivity index (χ0v) is 12.5. The van der Waals surface area contributed by atoms with Crippen molar-refractivity contribution < 1.29 is 27.5 Å². The number of rotatable bonds is 5. The molecule has 0 atom stereocenters. The quantitative estimate of drug-likeness (QED) is 0.824. The monoisotopic (exact) mass is 338 g/mol.